The number of hydrogen-bond donors (Lipinski definition) is 0. The molecule has 0 spiro atoms. The zero-order chi connectivity index (χ0) is 10.3. The molecule has 0 saturated heterocycles. The molecule has 0 saturated carbocycles. The first-order valence-electron chi connectivity index (χ1n) is 4.48. The highest BCUT2D eigenvalue weighted by Crippen LogP contribution is 2.10. The first kappa shape index (κ1) is 11.7. The molecule has 0 amide bonds. The summed E-state index contributed by atoms with van der Waals surface area (Å²) in [7, 11) is 0. The molecule has 0 atom stereocenters. The van der Waals surface area contributed by atoms with E-state index < -0.39 is 0 Å². The molecule has 0 heterocycles. The van der Waals surface area contributed by atoms with Gasteiger partial charge in [0.05, 0.1) is 0 Å². The molecule has 0 unspecified atom stereocenters. The molecular formula is C13H18. The van der Waals surface area contributed by atoms with Crippen molar-refractivity contribution >= 4 is 0 Å². The Morgan fingerprint density at radius 1 is 1.00 bits per heavy atom. The minimum absolute atomic E-state index is 0.938. The Hall–Kier alpha value is -1.30. The summed E-state index contributed by atoms with van der Waals surface area (Å²) < 4.78 is 0. The second kappa shape index (κ2) is 6.24. The number of allylic oxidation sites excluding steroid dienone is 7. The Kier molecular flexibility index (Phi) is 5.62. The molecule has 70 valence electrons. The Balaban J connectivity index is 4.23. The molecule has 0 N–H and O–H groups in total. The van der Waals surface area contributed by atoms with Gasteiger partial charge in [0.1, 0.15) is 0 Å². The van der Waals surface area contributed by atoms with Gasteiger partial charge in [0.15, 0.2) is 0 Å². The third kappa shape index (κ3) is 5.02. The third-order valence-electron chi connectivity index (χ3n) is 1.75. The standard InChI is InChI=1S/C13H18/c1-6-8-12(4)13(5)10-9-11(3)7-2/h6,8-10H,3-5,7H2,1-2H3/b8-6-,10-9-. The van der Waals surface area contributed by atoms with E-state index in [0.717, 1.165) is 23.1 Å². The Morgan fingerprint density at radius 2 is 1.54 bits per heavy atom. The van der Waals surface area contributed by atoms with Gasteiger partial charge in [0, 0.05) is 0 Å². The van der Waals surface area contributed by atoms with E-state index in [1.165, 1.54) is 0 Å². The minimum Gasteiger partial charge on any atom is -0.0958 e. The summed E-state index contributed by atoms with van der Waals surface area (Å²) in [6.45, 7) is 15.7. The molecule has 0 heteroatoms. The smallest absolute Gasteiger partial charge is 0.0262 e. The summed E-state index contributed by atoms with van der Waals surface area (Å²) in [5.41, 5.74) is 2.99. The van der Waals surface area contributed by atoms with Crippen LogP contribution in [0.5, 0.6) is 0 Å². The first-order chi connectivity index (χ1) is 6.11. The lowest BCUT2D eigenvalue weighted by Gasteiger charge is -1.98. The van der Waals surface area contributed by atoms with Crippen molar-refractivity contribution < 1.29 is 0 Å². The predicted molar refractivity (Wildman–Crippen MR) is 61.7 cm³/mol. The predicted octanol–water partition coefficient (Wildman–Crippen LogP) is 4.20. The molecule has 0 aliphatic heterocycles. The highest BCUT2D eigenvalue weighted by molar-refractivity contribution is 5.43. The Morgan fingerprint density at radius 3 is 2.00 bits per heavy atom. The fourth-order valence-electron chi connectivity index (χ4n) is 0.752. The third-order valence-corrected chi connectivity index (χ3v) is 1.75. The Labute approximate surface area is 81.7 Å². The van der Waals surface area contributed by atoms with Gasteiger partial charge in [0.2, 0.25) is 0 Å². The van der Waals surface area contributed by atoms with Crippen molar-refractivity contribution in [1.82, 2.24) is 0 Å². The summed E-state index contributed by atoms with van der Waals surface area (Å²) in [6, 6.07) is 0. The summed E-state index contributed by atoms with van der Waals surface area (Å²) in [5, 5.41) is 0. The van der Waals surface area contributed by atoms with Gasteiger partial charge in [-0.3, -0.25) is 0 Å². The molecule has 0 nitrogen and oxygen atoms in total. The van der Waals surface area contributed by atoms with Gasteiger partial charge in [0.25, 0.3) is 0 Å². The van der Waals surface area contributed by atoms with Gasteiger partial charge in [-0.15, -0.1) is 0 Å². The van der Waals surface area contributed by atoms with Gasteiger partial charge >= 0.3 is 0 Å². The van der Waals surface area contributed by atoms with E-state index in [2.05, 4.69) is 26.7 Å². The van der Waals surface area contributed by atoms with Crippen LogP contribution in [0.2, 0.25) is 0 Å². The highest BCUT2D eigenvalue weighted by Gasteiger charge is 1.90. The van der Waals surface area contributed by atoms with E-state index in [9.17, 15) is 0 Å². The van der Waals surface area contributed by atoms with Gasteiger partial charge in [-0.2, -0.15) is 0 Å². The van der Waals surface area contributed by atoms with Gasteiger partial charge in [-0.25, -0.2) is 0 Å². The van der Waals surface area contributed by atoms with Crippen LogP contribution in [-0.4, -0.2) is 0 Å². The van der Waals surface area contributed by atoms with E-state index >= 15 is 0 Å². The SMILES string of the molecule is C=C(/C=C\C(=C)C(=C)/C=C\C)CC. The van der Waals surface area contributed by atoms with Crippen LogP contribution in [-0.2, 0) is 0 Å². The second-order valence-electron chi connectivity index (χ2n) is 2.90. The Bertz CT molecular complexity index is 262. The molecule has 0 aromatic carbocycles. The normalized spacial score (nSPS) is 10.9. The average Bonchev–Trinajstić information content (AvgIpc) is 2.13. The quantitative estimate of drug-likeness (QED) is 0.548. The van der Waals surface area contributed by atoms with E-state index in [1.54, 1.807) is 0 Å². The maximum atomic E-state index is 3.90. The zero-order valence-corrected chi connectivity index (χ0v) is 8.64. The van der Waals surface area contributed by atoms with Crippen molar-refractivity contribution in [2.45, 2.75) is 20.3 Å². The number of hydrogen-bond acceptors (Lipinski definition) is 0. The fourth-order valence-corrected chi connectivity index (χ4v) is 0.752. The van der Waals surface area contributed by atoms with Crippen LogP contribution in [0.4, 0.5) is 0 Å². The molecule has 0 aliphatic rings. The average molecular weight is 174 g/mol. The largest absolute Gasteiger partial charge is 0.0958 e. The van der Waals surface area contributed by atoms with Gasteiger partial charge < -0.3 is 0 Å². The zero-order valence-electron chi connectivity index (χ0n) is 8.64. The van der Waals surface area contributed by atoms with Crippen molar-refractivity contribution in [2.24, 2.45) is 0 Å². The van der Waals surface area contributed by atoms with Crippen molar-refractivity contribution in [1.29, 1.82) is 0 Å². The summed E-state index contributed by atoms with van der Waals surface area (Å²) in [4.78, 5) is 0. The summed E-state index contributed by atoms with van der Waals surface area (Å²) >= 11 is 0. The van der Waals surface area contributed by atoms with Crippen molar-refractivity contribution in [3.05, 3.63) is 60.8 Å². The molecule has 0 aromatic heterocycles. The topological polar surface area (TPSA) is 0 Å². The van der Waals surface area contributed by atoms with Crippen LogP contribution in [0.15, 0.2) is 60.8 Å². The van der Waals surface area contributed by atoms with Gasteiger partial charge in [-0.1, -0.05) is 56.5 Å². The highest BCUT2D eigenvalue weighted by atomic mass is 14.0. The van der Waals surface area contributed by atoms with Crippen LogP contribution >= 0.6 is 0 Å². The molecule has 0 aliphatic carbocycles. The number of rotatable bonds is 5. The van der Waals surface area contributed by atoms with Crippen LogP contribution in [0.3, 0.4) is 0 Å². The van der Waals surface area contributed by atoms with Crippen molar-refractivity contribution in [3.63, 3.8) is 0 Å². The van der Waals surface area contributed by atoms with E-state index in [-0.39, 0.29) is 0 Å². The van der Waals surface area contributed by atoms with E-state index in [0.29, 0.717) is 0 Å². The van der Waals surface area contributed by atoms with Crippen LogP contribution < -0.4 is 0 Å². The monoisotopic (exact) mass is 174 g/mol. The first-order valence-corrected chi connectivity index (χ1v) is 4.48. The van der Waals surface area contributed by atoms with E-state index in [1.807, 2.05) is 31.2 Å². The molecule has 0 bridgehead atoms. The molecular weight excluding hydrogens is 156 g/mol. The summed E-state index contributed by atoms with van der Waals surface area (Å²) in [6.07, 6.45) is 8.81. The molecule has 0 aromatic rings. The van der Waals surface area contributed by atoms with Crippen molar-refractivity contribution in [3.8, 4) is 0 Å². The molecule has 0 radical (unpaired) electrons. The van der Waals surface area contributed by atoms with Gasteiger partial charge in [-0.05, 0) is 24.5 Å². The van der Waals surface area contributed by atoms with Crippen LogP contribution in [0.25, 0.3) is 0 Å². The van der Waals surface area contributed by atoms with Crippen molar-refractivity contribution in [2.75, 3.05) is 0 Å². The van der Waals surface area contributed by atoms with E-state index in [4.69, 9.17) is 0 Å². The fraction of sp³-hybridized carbons (Fsp3) is 0.231. The molecule has 13 heavy (non-hydrogen) atoms. The maximum absolute atomic E-state index is 3.90. The summed E-state index contributed by atoms with van der Waals surface area (Å²) in [5.74, 6) is 0. The van der Waals surface area contributed by atoms with Crippen LogP contribution in [0.1, 0.15) is 20.3 Å². The minimum atomic E-state index is 0.938. The maximum Gasteiger partial charge on any atom is -0.0262 e. The molecule has 0 fully saturated rings. The lowest BCUT2D eigenvalue weighted by Crippen LogP contribution is -1.78. The van der Waals surface area contributed by atoms with Crippen LogP contribution in [0, 0.1) is 0 Å². The second-order valence-corrected chi connectivity index (χ2v) is 2.90. The lowest BCUT2D eigenvalue weighted by molar-refractivity contribution is 1.16. The molecule has 0 rings (SSSR count). The lowest BCUT2D eigenvalue weighted by atomic mass is 10.1.